The topological polar surface area (TPSA) is 9.23 Å². The van der Waals surface area contributed by atoms with E-state index in [2.05, 4.69) is 22.6 Å². The summed E-state index contributed by atoms with van der Waals surface area (Å²) in [6.07, 6.45) is 0. The molecule has 0 amide bonds. The molecule has 0 N–H and O–H groups in total. The average Bonchev–Trinajstić information content (AvgIpc) is 2.07. The van der Waals surface area contributed by atoms with E-state index in [9.17, 15) is 0 Å². The Kier molecular flexibility index (Phi) is 3.65. The first-order chi connectivity index (χ1) is 5.66. The molecule has 0 aromatic heterocycles. The highest BCUT2D eigenvalue weighted by atomic mass is 127. The van der Waals surface area contributed by atoms with Crippen molar-refractivity contribution < 1.29 is 4.74 Å². The van der Waals surface area contributed by atoms with Crippen LogP contribution in [0.25, 0.3) is 0 Å². The first kappa shape index (κ1) is 10.1. The molecule has 1 aromatic carbocycles. The predicted molar refractivity (Wildman–Crippen MR) is 60.1 cm³/mol. The van der Waals surface area contributed by atoms with Crippen LogP contribution in [0, 0.1) is 10.5 Å². The summed E-state index contributed by atoms with van der Waals surface area (Å²) in [5.74, 6) is 0.878. The van der Waals surface area contributed by atoms with Crippen molar-refractivity contribution in [2.24, 2.45) is 0 Å². The van der Waals surface area contributed by atoms with Crippen LogP contribution < -0.4 is 4.74 Å². The normalized spacial score (nSPS) is 10.0. The fourth-order valence-corrected chi connectivity index (χ4v) is 1.69. The van der Waals surface area contributed by atoms with Crippen molar-refractivity contribution in [2.45, 2.75) is 13.8 Å². The van der Waals surface area contributed by atoms with Crippen LogP contribution in [0.3, 0.4) is 0 Å². The third-order valence-corrected chi connectivity index (χ3v) is 3.29. The van der Waals surface area contributed by atoms with Crippen molar-refractivity contribution in [3.8, 4) is 5.75 Å². The molecule has 1 rings (SSSR count). The van der Waals surface area contributed by atoms with Crippen LogP contribution in [0.1, 0.15) is 12.5 Å². The third kappa shape index (κ3) is 2.04. The molecule has 12 heavy (non-hydrogen) atoms. The Balaban J connectivity index is 3.08. The minimum absolute atomic E-state index is 0.678. The maximum atomic E-state index is 6.03. The van der Waals surface area contributed by atoms with Gasteiger partial charge in [0.05, 0.1) is 11.6 Å². The van der Waals surface area contributed by atoms with Crippen molar-refractivity contribution in [1.29, 1.82) is 0 Å². The second kappa shape index (κ2) is 4.33. The van der Waals surface area contributed by atoms with Crippen molar-refractivity contribution in [3.05, 3.63) is 26.3 Å². The van der Waals surface area contributed by atoms with Crippen molar-refractivity contribution >= 4 is 34.2 Å². The average molecular weight is 297 g/mol. The lowest BCUT2D eigenvalue weighted by atomic mass is 10.2. The van der Waals surface area contributed by atoms with Gasteiger partial charge >= 0.3 is 0 Å². The number of halogens is 2. The molecule has 0 fully saturated rings. The van der Waals surface area contributed by atoms with Crippen LogP contribution in [-0.4, -0.2) is 6.61 Å². The van der Waals surface area contributed by atoms with Crippen LogP contribution >= 0.6 is 34.2 Å². The molecule has 0 saturated heterocycles. The Bertz CT molecular complexity index is 286. The highest BCUT2D eigenvalue weighted by molar-refractivity contribution is 14.1. The van der Waals surface area contributed by atoms with Gasteiger partial charge in [0.2, 0.25) is 0 Å². The third-order valence-electron chi connectivity index (χ3n) is 1.59. The van der Waals surface area contributed by atoms with Gasteiger partial charge in [-0.05, 0) is 48.6 Å². The van der Waals surface area contributed by atoms with Crippen LogP contribution in [0.2, 0.25) is 5.02 Å². The molecule has 66 valence electrons. The van der Waals surface area contributed by atoms with Crippen LogP contribution in [0.5, 0.6) is 5.75 Å². The number of hydrogen-bond donors (Lipinski definition) is 0. The summed E-state index contributed by atoms with van der Waals surface area (Å²) in [5.41, 5.74) is 1.02. The number of hydrogen-bond acceptors (Lipinski definition) is 1. The van der Waals surface area contributed by atoms with Gasteiger partial charge in [0.1, 0.15) is 5.75 Å². The minimum Gasteiger partial charge on any atom is -0.494 e. The molecule has 0 atom stereocenters. The van der Waals surface area contributed by atoms with E-state index in [-0.39, 0.29) is 0 Å². The summed E-state index contributed by atoms with van der Waals surface area (Å²) in [6.45, 7) is 4.61. The zero-order valence-corrected chi connectivity index (χ0v) is 9.94. The lowest BCUT2D eigenvalue weighted by Gasteiger charge is -2.08. The predicted octanol–water partition coefficient (Wildman–Crippen LogP) is 3.65. The Morgan fingerprint density at radius 1 is 1.50 bits per heavy atom. The van der Waals surface area contributed by atoms with E-state index in [1.54, 1.807) is 0 Å². The van der Waals surface area contributed by atoms with Gasteiger partial charge in [-0.25, -0.2) is 0 Å². The SMILES string of the molecule is CCOc1ccc(I)c(Cl)c1C. The molecule has 0 bridgehead atoms. The van der Waals surface area contributed by atoms with Crippen molar-refractivity contribution in [1.82, 2.24) is 0 Å². The van der Waals surface area contributed by atoms with Crippen LogP contribution in [0.15, 0.2) is 12.1 Å². The number of rotatable bonds is 2. The lowest BCUT2D eigenvalue weighted by molar-refractivity contribution is 0.338. The molecule has 0 aliphatic carbocycles. The van der Waals surface area contributed by atoms with Gasteiger partial charge in [-0.1, -0.05) is 11.6 Å². The molecule has 0 aliphatic heterocycles. The van der Waals surface area contributed by atoms with E-state index in [0.29, 0.717) is 6.61 Å². The second-order valence-corrected chi connectivity index (χ2v) is 3.96. The fourth-order valence-electron chi connectivity index (χ4n) is 0.946. The summed E-state index contributed by atoms with van der Waals surface area (Å²) >= 11 is 8.24. The van der Waals surface area contributed by atoms with Gasteiger partial charge < -0.3 is 4.74 Å². The molecule has 3 heteroatoms. The van der Waals surface area contributed by atoms with Gasteiger partial charge in [0, 0.05) is 9.13 Å². The Morgan fingerprint density at radius 3 is 2.75 bits per heavy atom. The summed E-state index contributed by atoms with van der Waals surface area (Å²) in [7, 11) is 0. The summed E-state index contributed by atoms with van der Waals surface area (Å²) in [6, 6.07) is 3.91. The Hall–Kier alpha value is 0.0400. The van der Waals surface area contributed by atoms with E-state index in [1.165, 1.54) is 0 Å². The number of ether oxygens (including phenoxy) is 1. The lowest BCUT2D eigenvalue weighted by Crippen LogP contribution is -1.94. The molecule has 0 unspecified atom stereocenters. The minimum atomic E-state index is 0.678. The maximum absolute atomic E-state index is 6.03. The molecule has 1 aromatic rings. The quantitative estimate of drug-likeness (QED) is 0.757. The monoisotopic (exact) mass is 296 g/mol. The molecular weight excluding hydrogens is 286 g/mol. The van der Waals surface area contributed by atoms with E-state index in [4.69, 9.17) is 16.3 Å². The summed E-state index contributed by atoms with van der Waals surface area (Å²) in [5, 5.41) is 0.793. The molecule has 0 heterocycles. The van der Waals surface area contributed by atoms with E-state index in [0.717, 1.165) is 19.9 Å². The first-order valence-electron chi connectivity index (χ1n) is 3.74. The molecular formula is C9H10ClIO. The van der Waals surface area contributed by atoms with E-state index < -0.39 is 0 Å². The Labute approximate surface area is 91.2 Å². The standard InChI is InChI=1S/C9H10ClIO/c1-3-12-8-5-4-7(11)9(10)6(8)2/h4-5H,3H2,1-2H3. The molecule has 0 saturated carbocycles. The van der Waals surface area contributed by atoms with Gasteiger partial charge in [-0.3, -0.25) is 0 Å². The van der Waals surface area contributed by atoms with Crippen molar-refractivity contribution in [2.75, 3.05) is 6.61 Å². The molecule has 0 spiro atoms. The van der Waals surface area contributed by atoms with Crippen LogP contribution in [-0.2, 0) is 0 Å². The zero-order valence-electron chi connectivity index (χ0n) is 7.03. The van der Waals surface area contributed by atoms with Gasteiger partial charge in [-0.2, -0.15) is 0 Å². The van der Waals surface area contributed by atoms with Gasteiger partial charge in [0.25, 0.3) is 0 Å². The number of benzene rings is 1. The fraction of sp³-hybridized carbons (Fsp3) is 0.333. The highest BCUT2D eigenvalue weighted by Crippen LogP contribution is 2.29. The highest BCUT2D eigenvalue weighted by Gasteiger charge is 2.05. The van der Waals surface area contributed by atoms with E-state index in [1.807, 2.05) is 26.0 Å². The van der Waals surface area contributed by atoms with Crippen LogP contribution in [0.4, 0.5) is 0 Å². The molecule has 0 radical (unpaired) electrons. The second-order valence-electron chi connectivity index (χ2n) is 2.42. The Morgan fingerprint density at radius 2 is 2.17 bits per heavy atom. The first-order valence-corrected chi connectivity index (χ1v) is 5.20. The summed E-state index contributed by atoms with van der Waals surface area (Å²) < 4.78 is 6.45. The maximum Gasteiger partial charge on any atom is 0.123 e. The zero-order chi connectivity index (χ0) is 9.14. The van der Waals surface area contributed by atoms with E-state index >= 15 is 0 Å². The smallest absolute Gasteiger partial charge is 0.123 e. The van der Waals surface area contributed by atoms with Gasteiger partial charge in [0.15, 0.2) is 0 Å². The largest absolute Gasteiger partial charge is 0.494 e. The summed E-state index contributed by atoms with van der Waals surface area (Å²) in [4.78, 5) is 0. The molecule has 0 aliphatic rings. The van der Waals surface area contributed by atoms with Crippen molar-refractivity contribution in [3.63, 3.8) is 0 Å². The van der Waals surface area contributed by atoms with Gasteiger partial charge in [-0.15, -0.1) is 0 Å². The molecule has 1 nitrogen and oxygen atoms in total.